The van der Waals surface area contributed by atoms with E-state index < -0.39 is 0 Å². The van der Waals surface area contributed by atoms with Crippen molar-refractivity contribution in [1.29, 1.82) is 0 Å². The van der Waals surface area contributed by atoms with Gasteiger partial charge in [-0.15, -0.1) is 0 Å². The number of piperidine rings is 1. The molecule has 4 heterocycles. The molecule has 3 aliphatic heterocycles. The quantitative estimate of drug-likeness (QED) is 0.791. The van der Waals surface area contributed by atoms with Crippen molar-refractivity contribution in [1.82, 2.24) is 14.9 Å². The molecule has 0 unspecified atom stereocenters. The molecule has 0 aliphatic carbocycles. The van der Waals surface area contributed by atoms with E-state index in [-0.39, 0.29) is 0 Å². The summed E-state index contributed by atoms with van der Waals surface area (Å²) in [4.78, 5) is 13.9. The van der Waals surface area contributed by atoms with Gasteiger partial charge in [-0.2, -0.15) is 0 Å². The Kier molecular flexibility index (Phi) is 4.01. The van der Waals surface area contributed by atoms with E-state index in [9.17, 15) is 0 Å². The Hall–Kier alpha value is -1.42. The number of fused-ring (bicyclic) bond motifs is 4. The lowest BCUT2D eigenvalue weighted by Crippen LogP contribution is -2.44. The van der Waals surface area contributed by atoms with E-state index >= 15 is 0 Å². The molecule has 0 spiro atoms. The van der Waals surface area contributed by atoms with Crippen LogP contribution in [0.5, 0.6) is 0 Å². The van der Waals surface area contributed by atoms with Gasteiger partial charge in [0.2, 0.25) is 5.95 Å². The SMILES string of the molecule is CC(C)=CCN1C[C@H]2CC[C@@H]1CN(c1ncccn1)C2. The third-order valence-corrected chi connectivity index (χ3v) is 4.40. The van der Waals surface area contributed by atoms with Crippen molar-refractivity contribution in [3.05, 3.63) is 30.1 Å². The molecular weight excluding hydrogens is 248 g/mol. The average molecular weight is 272 g/mol. The first-order chi connectivity index (χ1) is 9.72. The maximum Gasteiger partial charge on any atom is 0.225 e. The summed E-state index contributed by atoms with van der Waals surface area (Å²) in [5.74, 6) is 1.65. The molecule has 20 heavy (non-hydrogen) atoms. The van der Waals surface area contributed by atoms with Crippen molar-refractivity contribution < 1.29 is 0 Å². The minimum absolute atomic E-state index is 0.646. The van der Waals surface area contributed by atoms with Crippen LogP contribution in [0.15, 0.2) is 30.1 Å². The van der Waals surface area contributed by atoms with E-state index in [0.29, 0.717) is 6.04 Å². The molecule has 3 aliphatic rings. The van der Waals surface area contributed by atoms with E-state index in [1.165, 1.54) is 25.0 Å². The Balaban J connectivity index is 1.74. The molecule has 1 aromatic heterocycles. The molecule has 0 N–H and O–H groups in total. The Labute approximate surface area is 121 Å². The molecular formula is C16H24N4. The van der Waals surface area contributed by atoms with Crippen LogP contribution in [-0.2, 0) is 0 Å². The van der Waals surface area contributed by atoms with Gasteiger partial charge in [-0.1, -0.05) is 11.6 Å². The molecule has 3 saturated heterocycles. The van der Waals surface area contributed by atoms with E-state index in [4.69, 9.17) is 0 Å². The predicted octanol–water partition coefficient (Wildman–Crippen LogP) is 2.34. The molecule has 0 aromatic carbocycles. The maximum absolute atomic E-state index is 4.42. The standard InChI is InChI=1S/C16H24N4/c1-13(2)6-9-19-10-14-4-5-15(19)12-20(11-14)16-17-7-3-8-18-16/h3,6-8,14-15H,4-5,9-12H2,1-2H3/t14-,15-/m1/s1. The monoisotopic (exact) mass is 272 g/mol. The van der Waals surface area contributed by atoms with Gasteiger partial charge >= 0.3 is 0 Å². The minimum Gasteiger partial charge on any atom is -0.339 e. The van der Waals surface area contributed by atoms with E-state index in [1.807, 2.05) is 18.5 Å². The second-order valence-electron chi connectivity index (χ2n) is 6.29. The summed E-state index contributed by atoms with van der Waals surface area (Å²) in [6, 6.07) is 2.53. The average Bonchev–Trinajstić information content (AvgIpc) is 2.77. The number of rotatable bonds is 3. The molecule has 3 fully saturated rings. The van der Waals surface area contributed by atoms with Crippen molar-refractivity contribution in [3.63, 3.8) is 0 Å². The van der Waals surface area contributed by atoms with Crippen LogP contribution in [0, 0.1) is 5.92 Å². The summed E-state index contributed by atoms with van der Waals surface area (Å²) in [7, 11) is 0. The van der Waals surface area contributed by atoms with Crippen molar-refractivity contribution in [3.8, 4) is 0 Å². The fourth-order valence-electron chi connectivity index (χ4n) is 3.32. The van der Waals surface area contributed by atoms with Gasteiger partial charge in [-0.25, -0.2) is 9.97 Å². The highest BCUT2D eigenvalue weighted by Gasteiger charge is 2.34. The molecule has 2 atom stereocenters. The molecule has 0 radical (unpaired) electrons. The zero-order chi connectivity index (χ0) is 13.9. The van der Waals surface area contributed by atoms with Crippen LogP contribution in [0.3, 0.4) is 0 Å². The number of nitrogens with zero attached hydrogens (tertiary/aromatic N) is 4. The molecule has 4 rings (SSSR count). The van der Waals surface area contributed by atoms with Gasteiger partial charge in [-0.3, -0.25) is 4.90 Å². The number of hydrogen-bond acceptors (Lipinski definition) is 4. The maximum atomic E-state index is 4.42. The first-order valence-corrected chi connectivity index (χ1v) is 7.62. The zero-order valence-electron chi connectivity index (χ0n) is 12.5. The third kappa shape index (κ3) is 3.01. The van der Waals surface area contributed by atoms with Crippen LogP contribution >= 0.6 is 0 Å². The van der Waals surface area contributed by atoms with Gasteiger partial charge in [-0.05, 0) is 38.7 Å². The third-order valence-electron chi connectivity index (χ3n) is 4.40. The van der Waals surface area contributed by atoms with Crippen molar-refractivity contribution in [2.75, 3.05) is 31.1 Å². The summed E-state index contributed by atoms with van der Waals surface area (Å²) in [6.45, 7) is 8.84. The Morgan fingerprint density at radius 3 is 2.75 bits per heavy atom. The van der Waals surface area contributed by atoms with Crippen LogP contribution in [0.25, 0.3) is 0 Å². The number of allylic oxidation sites excluding steroid dienone is 1. The topological polar surface area (TPSA) is 32.3 Å². The van der Waals surface area contributed by atoms with Gasteiger partial charge in [0.1, 0.15) is 0 Å². The summed E-state index contributed by atoms with van der Waals surface area (Å²) >= 11 is 0. The van der Waals surface area contributed by atoms with E-state index in [1.54, 1.807) is 0 Å². The van der Waals surface area contributed by atoms with Crippen LogP contribution < -0.4 is 4.90 Å². The fraction of sp³-hybridized carbons (Fsp3) is 0.625. The summed E-state index contributed by atoms with van der Waals surface area (Å²) in [5.41, 5.74) is 1.41. The molecule has 0 amide bonds. The Bertz CT molecular complexity index is 467. The lowest BCUT2D eigenvalue weighted by Gasteiger charge is -2.35. The molecule has 108 valence electrons. The Morgan fingerprint density at radius 1 is 1.20 bits per heavy atom. The fourth-order valence-corrected chi connectivity index (χ4v) is 3.32. The second kappa shape index (κ2) is 5.92. The smallest absolute Gasteiger partial charge is 0.225 e. The lowest BCUT2D eigenvalue weighted by atomic mass is 9.95. The van der Waals surface area contributed by atoms with Crippen LogP contribution in [0.4, 0.5) is 5.95 Å². The largest absolute Gasteiger partial charge is 0.339 e. The van der Waals surface area contributed by atoms with Crippen molar-refractivity contribution in [2.45, 2.75) is 32.7 Å². The minimum atomic E-state index is 0.646. The van der Waals surface area contributed by atoms with Gasteiger partial charge in [0.05, 0.1) is 0 Å². The first-order valence-electron chi connectivity index (χ1n) is 7.62. The lowest BCUT2D eigenvalue weighted by molar-refractivity contribution is 0.149. The highest BCUT2D eigenvalue weighted by molar-refractivity contribution is 5.30. The van der Waals surface area contributed by atoms with Gasteiger partial charge in [0.15, 0.2) is 0 Å². The molecule has 4 nitrogen and oxygen atoms in total. The summed E-state index contributed by atoms with van der Waals surface area (Å²) in [6.07, 6.45) is 8.69. The molecule has 2 bridgehead atoms. The van der Waals surface area contributed by atoms with E-state index in [2.05, 4.69) is 39.7 Å². The zero-order valence-corrected chi connectivity index (χ0v) is 12.5. The number of aromatic nitrogens is 2. The highest BCUT2D eigenvalue weighted by Crippen LogP contribution is 2.29. The predicted molar refractivity (Wildman–Crippen MR) is 81.8 cm³/mol. The van der Waals surface area contributed by atoms with Crippen molar-refractivity contribution >= 4 is 5.95 Å². The molecule has 1 aromatic rings. The van der Waals surface area contributed by atoms with Gasteiger partial charge < -0.3 is 4.90 Å². The van der Waals surface area contributed by atoms with Gasteiger partial charge in [0, 0.05) is 44.6 Å². The van der Waals surface area contributed by atoms with Crippen LogP contribution in [-0.4, -0.2) is 47.1 Å². The van der Waals surface area contributed by atoms with E-state index in [0.717, 1.165) is 31.5 Å². The van der Waals surface area contributed by atoms with Crippen LogP contribution in [0.2, 0.25) is 0 Å². The van der Waals surface area contributed by atoms with Crippen LogP contribution in [0.1, 0.15) is 26.7 Å². The summed E-state index contributed by atoms with van der Waals surface area (Å²) in [5, 5.41) is 0. The number of anilines is 1. The first kappa shape index (κ1) is 13.6. The number of hydrogen-bond donors (Lipinski definition) is 0. The molecule has 0 saturated carbocycles. The Morgan fingerprint density at radius 2 is 2.00 bits per heavy atom. The molecule has 4 heteroatoms. The highest BCUT2D eigenvalue weighted by atomic mass is 15.3. The summed E-state index contributed by atoms with van der Waals surface area (Å²) < 4.78 is 0. The second-order valence-corrected chi connectivity index (χ2v) is 6.29. The normalized spacial score (nSPS) is 26.4. The van der Waals surface area contributed by atoms with Gasteiger partial charge in [0.25, 0.3) is 0 Å². The van der Waals surface area contributed by atoms with Crippen molar-refractivity contribution in [2.24, 2.45) is 5.92 Å².